The average Bonchev–Trinajstić information content (AvgIpc) is 2.46. The van der Waals surface area contributed by atoms with E-state index in [2.05, 4.69) is 0 Å². The zero-order chi connectivity index (χ0) is 9.42. The summed E-state index contributed by atoms with van der Waals surface area (Å²) in [4.78, 5) is 10.8. The maximum atomic E-state index is 10.8. The molecular formula is C10H8ClNO. The molecule has 0 spiro atoms. The Kier molecular flexibility index (Phi) is 1.85. The minimum Gasteiger partial charge on any atom is -0.350 e. The Bertz CT molecular complexity index is 473. The van der Waals surface area contributed by atoms with Gasteiger partial charge in [-0.1, -0.05) is 11.6 Å². The Balaban J connectivity index is 2.92. The molecular weight excluding hydrogens is 186 g/mol. The van der Waals surface area contributed by atoms with Gasteiger partial charge in [-0.3, -0.25) is 4.79 Å². The van der Waals surface area contributed by atoms with Crippen molar-refractivity contribution in [3.05, 3.63) is 35.0 Å². The molecule has 0 fully saturated rings. The van der Waals surface area contributed by atoms with E-state index < -0.39 is 0 Å². The number of carbonyl (C=O) groups is 1. The van der Waals surface area contributed by atoms with E-state index in [0.717, 1.165) is 17.2 Å². The highest BCUT2D eigenvalue weighted by atomic mass is 35.5. The van der Waals surface area contributed by atoms with Crippen LogP contribution in [0.2, 0.25) is 5.02 Å². The van der Waals surface area contributed by atoms with Crippen LogP contribution in [0, 0.1) is 0 Å². The van der Waals surface area contributed by atoms with Crippen molar-refractivity contribution in [3.8, 4) is 0 Å². The fourth-order valence-corrected chi connectivity index (χ4v) is 1.77. The van der Waals surface area contributed by atoms with Crippen molar-refractivity contribution in [2.24, 2.45) is 7.05 Å². The van der Waals surface area contributed by atoms with E-state index in [0.29, 0.717) is 10.6 Å². The van der Waals surface area contributed by atoms with Gasteiger partial charge >= 0.3 is 0 Å². The van der Waals surface area contributed by atoms with Crippen molar-refractivity contribution < 1.29 is 4.79 Å². The zero-order valence-corrected chi connectivity index (χ0v) is 7.88. The summed E-state index contributed by atoms with van der Waals surface area (Å²) in [6.07, 6.45) is 2.74. The molecule has 2 nitrogen and oxygen atoms in total. The van der Waals surface area contributed by atoms with Crippen LogP contribution in [-0.2, 0) is 7.05 Å². The molecule has 0 aliphatic heterocycles. The fourth-order valence-electron chi connectivity index (χ4n) is 1.53. The number of hydrogen-bond donors (Lipinski definition) is 0. The van der Waals surface area contributed by atoms with Gasteiger partial charge in [0.25, 0.3) is 0 Å². The van der Waals surface area contributed by atoms with Crippen LogP contribution in [0.3, 0.4) is 0 Å². The Labute approximate surface area is 80.7 Å². The summed E-state index contributed by atoms with van der Waals surface area (Å²) in [5, 5.41) is 1.60. The molecule has 1 heterocycles. The maximum Gasteiger partial charge on any atom is 0.152 e. The van der Waals surface area contributed by atoms with Gasteiger partial charge in [0.15, 0.2) is 6.29 Å². The first-order chi connectivity index (χ1) is 6.22. The molecule has 1 aromatic heterocycles. The number of aryl methyl sites for hydroxylation is 1. The van der Waals surface area contributed by atoms with E-state index in [4.69, 9.17) is 11.6 Å². The Morgan fingerprint density at radius 2 is 2.23 bits per heavy atom. The van der Waals surface area contributed by atoms with Gasteiger partial charge in [0.2, 0.25) is 0 Å². The van der Waals surface area contributed by atoms with Gasteiger partial charge in [-0.15, -0.1) is 0 Å². The summed E-state index contributed by atoms with van der Waals surface area (Å²) in [6, 6.07) is 5.47. The van der Waals surface area contributed by atoms with Crippen molar-refractivity contribution in [2.75, 3.05) is 0 Å². The first kappa shape index (κ1) is 8.32. The van der Waals surface area contributed by atoms with E-state index in [1.165, 1.54) is 0 Å². The molecule has 0 atom stereocenters. The minimum atomic E-state index is 0.598. The van der Waals surface area contributed by atoms with Crippen molar-refractivity contribution in [2.45, 2.75) is 0 Å². The maximum absolute atomic E-state index is 10.8. The number of nitrogens with zero attached hydrogens (tertiary/aromatic N) is 1. The largest absolute Gasteiger partial charge is 0.350 e. The highest BCUT2D eigenvalue weighted by Crippen LogP contribution is 2.23. The molecule has 0 aliphatic carbocycles. The molecule has 0 N–H and O–H groups in total. The lowest BCUT2D eigenvalue weighted by Gasteiger charge is -2.00. The van der Waals surface area contributed by atoms with E-state index in [1.54, 1.807) is 6.07 Å². The SMILES string of the molecule is Cn1ccc2cc(Cl)cc(C=O)c21. The number of aldehydes is 1. The van der Waals surface area contributed by atoms with Crippen LogP contribution in [0.1, 0.15) is 10.4 Å². The highest BCUT2D eigenvalue weighted by Gasteiger charge is 2.05. The van der Waals surface area contributed by atoms with Crippen LogP contribution >= 0.6 is 11.6 Å². The van der Waals surface area contributed by atoms with Crippen molar-refractivity contribution in [1.29, 1.82) is 0 Å². The van der Waals surface area contributed by atoms with Gasteiger partial charge in [-0.05, 0) is 18.2 Å². The average molecular weight is 194 g/mol. The third kappa shape index (κ3) is 1.23. The van der Waals surface area contributed by atoms with Gasteiger partial charge in [-0.25, -0.2) is 0 Å². The molecule has 0 radical (unpaired) electrons. The van der Waals surface area contributed by atoms with Gasteiger partial charge in [0.1, 0.15) is 0 Å². The lowest BCUT2D eigenvalue weighted by molar-refractivity contribution is 0.112. The molecule has 66 valence electrons. The van der Waals surface area contributed by atoms with Crippen molar-refractivity contribution in [1.82, 2.24) is 4.57 Å². The fraction of sp³-hybridized carbons (Fsp3) is 0.100. The first-order valence-electron chi connectivity index (χ1n) is 3.92. The van der Waals surface area contributed by atoms with E-state index in [1.807, 2.05) is 29.9 Å². The van der Waals surface area contributed by atoms with Gasteiger partial charge in [0, 0.05) is 29.2 Å². The summed E-state index contributed by atoms with van der Waals surface area (Å²) in [5.41, 5.74) is 1.56. The summed E-state index contributed by atoms with van der Waals surface area (Å²) >= 11 is 5.84. The molecule has 0 saturated carbocycles. The summed E-state index contributed by atoms with van der Waals surface area (Å²) < 4.78 is 1.91. The monoisotopic (exact) mass is 193 g/mol. The number of aromatic nitrogens is 1. The van der Waals surface area contributed by atoms with Gasteiger partial charge in [-0.2, -0.15) is 0 Å². The van der Waals surface area contributed by atoms with Gasteiger partial charge in [0.05, 0.1) is 5.52 Å². The smallest absolute Gasteiger partial charge is 0.152 e. The molecule has 2 aromatic rings. The second-order valence-corrected chi connectivity index (χ2v) is 3.41. The number of hydrogen-bond acceptors (Lipinski definition) is 1. The molecule has 0 unspecified atom stereocenters. The second kappa shape index (κ2) is 2.89. The molecule has 13 heavy (non-hydrogen) atoms. The number of rotatable bonds is 1. The Morgan fingerprint density at radius 1 is 1.46 bits per heavy atom. The third-order valence-electron chi connectivity index (χ3n) is 2.09. The van der Waals surface area contributed by atoms with E-state index >= 15 is 0 Å². The van der Waals surface area contributed by atoms with Crippen molar-refractivity contribution in [3.63, 3.8) is 0 Å². The first-order valence-corrected chi connectivity index (χ1v) is 4.30. The lowest BCUT2D eigenvalue weighted by Crippen LogP contribution is -1.90. The lowest BCUT2D eigenvalue weighted by atomic mass is 10.1. The molecule has 2 rings (SSSR count). The Hall–Kier alpha value is -1.28. The number of fused-ring (bicyclic) bond motifs is 1. The van der Waals surface area contributed by atoms with Gasteiger partial charge < -0.3 is 4.57 Å². The minimum absolute atomic E-state index is 0.598. The van der Waals surface area contributed by atoms with Crippen LogP contribution in [0.5, 0.6) is 0 Å². The second-order valence-electron chi connectivity index (χ2n) is 2.98. The molecule has 3 heteroatoms. The molecule has 0 saturated heterocycles. The normalized spacial score (nSPS) is 10.6. The molecule has 1 aromatic carbocycles. The molecule has 0 amide bonds. The predicted molar refractivity (Wildman–Crippen MR) is 53.3 cm³/mol. The zero-order valence-electron chi connectivity index (χ0n) is 7.12. The van der Waals surface area contributed by atoms with Crippen LogP contribution in [-0.4, -0.2) is 10.9 Å². The third-order valence-corrected chi connectivity index (χ3v) is 2.31. The number of halogens is 1. The topological polar surface area (TPSA) is 22.0 Å². The summed E-state index contributed by atoms with van der Waals surface area (Å²) in [7, 11) is 1.91. The quantitative estimate of drug-likeness (QED) is 0.639. The summed E-state index contributed by atoms with van der Waals surface area (Å²) in [6.45, 7) is 0. The highest BCUT2D eigenvalue weighted by molar-refractivity contribution is 6.31. The molecule has 0 aliphatic rings. The van der Waals surface area contributed by atoms with E-state index in [-0.39, 0.29) is 0 Å². The summed E-state index contributed by atoms with van der Waals surface area (Å²) in [5.74, 6) is 0. The van der Waals surface area contributed by atoms with Crippen molar-refractivity contribution >= 4 is 28.8 Å². The Morgan fingerprint density at radius 3 is 2.92 bits per heavy atom. The molecule has 0 bridgehead atoms. The number of benzene rings is 1. The predicted octanol–water partition coefficient (Wildman–Crippen LogP) is 2.64. The van der Waals surface area contributed by atoms with Crippen LogP contribution in [0.15, 0.2) is 24.4 Å². The van der Waals surface area contributed by atoms with Crippen LogP contribution in [0.25, 0.3) is 10.9 Å². The van der Waals surface area contributed by atoms with E-state index in [9.17, 15) is 4.79 Å². The standard InChI is InChI=1S/C10H8ClNO/c1-12-3-2-7-4-9(11)5-8(6-13)10(7)12/h2-6H,1H3. The number of carbonyl (C=O) groups excluding carboxylic acids is 1. The van der Waals surface area contributed by atoms with Crippen LogP contribution in [0.4, 0.5) is 0 Å². The van der Waals surface area contributed by atoms with Crippen LogP contribution < -0.4 is 0 Å².